The van der Waals surface area contributed by atoms with Crippen LogP contribution in [0.25, 0.3) is 11.2 Å². The molecule has 2 aromatic rings. The number of fused-ring (bicyclic) bond motifs is 1. The van der Waals surface area contributed by atoms with E-state index in [0.29, 0.717) is 16.2 Å². The Kier molecular flexibility index (Phi) is 2.86. The lowest BCUT2D eigenvalue weighted by Gasteiger charge is -2.04. The van der Waals surface area contributed by atoms with Gasteiger partial charge in [-0.2, -0.15) is 10.3 Å². The van der Waals surface area contributed by atoms with Gasteiger partial charge in [0, 0.05) is 6.07 Å². The molecule has 8 heteroatoms. The van der Waals surface area contributed by atoms with Gasteiger partial charge in [-0.1, -0.05) is 11.6 Å². The molecular weight excluding hydrogens is 234 g/mol. The fourth-order valence-electron chi connectivity index (χ4n) is 1.13. The molecule has 0 bridgehead atoms. The summed E-state index contributed by atoms with van der Waals surface area (Å²) in [6.45, 7) is 1.99. The largest absolute Gasteiger partial charge is 0.450 e. The molecule has 0 unspecified atom stereocenters. The average Bonchev–Trinajstić information content (AvgIpc) is 2.66. The molecular formula is C8H8ClN5O2. The van der Waals surface area contributed by atoms with Gasteiger partial charge >= 0.3 is 6.09 Å². The van der Waals surface area contributed by atoms with E-state index < -0.39 is 6.09 Å². The van der Waals surface area contributed by atoms with Gasteiger partial charge in [0.25, 0.3) is 0 Å². The number of hydrogen-bond donors (Lipinski definition) is 2. The maximum absolute atomic E-state index is 11.1. The van der Waals surface area contributed by atoms with Crippen molar-refractivity contribution in [3.05, 3.63) is 11.1 Å². The van der Waals surface area contributed by atoms with Crippen molar-refractivity contribution in [3.8, 4) is 0 Å². The van der Waals surface area contributed by atoms with Gasteiger partial charge in [-0.25, -0.2) is 9.78 Å². The van der Waals surface area contributed by atoms with Crippen LogP contribution in [0.4, 0.5) is 10.6 Å². The number of ether oxygens (including phenoxy) is 1. The maximum Gasteiger partial charge on any atom is 0.412 e. The quantitative estimate of drug-likeness (QED) is 0.833. The zero-order chi connectivity index (χ0) is 11.5. The third kappa shape index (κ3) is 2.03. The van der Waals surface area contributed by atoms with Gasteiger partial charge in [0.15, 0.2) is 5.52 Å². The fraction of sp³-hybridized carbons (Fsp3) is 0.250. The minimum atomic E-state index is -0.589. The highest BCUT2D eigenvalue weighted by Crippen LogP contribution is 2.21. The summed E-state index contributed by atoms with van der Waals surface area (Å²) >= 11 is 5.91. The molecule has 0 aliphatic carbocycles. The number of halogens is 1. The molecule has 0 atom stereocenters. The van der Waals surface area contributed by atoms with Crippen LogP contribution in [0.2, 0.25) is 5.02 Å². The van der Waals surface area contributed by atoms with Gasteiger partial charge in [-0.15, -0.1) is 5.10 Å². The van der Waals surface area contributed by atoms with Crippen molar-refractivity contribution in [2.75, 3.05) is 11.9 Å². The molecule has 2 rings (SSSR count). The van der Waals surface area contributed by atoms with E-state index in [9.17, 15) is 4.79 Å². The molecule has 2 aromatic heterocycles. The van der Waals surface area contributed by atoms with E-state index in [1.807, 2.05) is 0 Å². The minimum absolute atomic E-state index is 0.268. The summed E-state index contributed by atoms with van der Waals surface area (Å²) in [7, 11) is 0. The van der Waals surface area contributed by atoms with Crippen LogP contribution in [0.15, 0.2) is 6.07 Å². The van der Waals surface area contributed by atoms with Crippen LogP contribution in [0.3, 0.4) is 0 Å². The topological polar surface area (TPSA) is 92.8 Å². The van der Waals surface area contributed by atoms with Crippen molar-refractivity contribution < 1.29 is 9.53 Å². The lowest BCUT2D eigenvalue weighted by atomic mass is 10.4. The van der Waals surface area contributed by atoms with Crippen molar-refractivity contribution in [3.63, 3.8) is 0 Å². The van der Waals surface area contributed by atoms with E-state index in [2.05, 4.69) is 25.7 Å². The molecule has 0 aliphatic rings. The van der Waals surface area contributed by atoms with Crippen LogP contribution in [-0.2, 0) is 4.74 Å². The smallest absolute Gasteiger partial charge is 0.412 e. The summed E-state index contributed by atoms with van der Waals surface area (Å²) in [5.41, 5.74) is 0.787. The lowest BCUT2D eigenvalue weighted by molar-refractivity contribution is 0.168. The lowest BCUT2D eigenvalue weighted by Crippen LogP contribution is -2.14. The second-order valence-corrected chi connectivity index (χ2v) is 3.24. The molecule has 1 amide bonds. The minimum Gasteiger partial charge on any atom is -0.450 e. The third-order valence-electron chi connectivity index (χ3n) is 1.75. The van der Waals surface area contributed by atoms with E-state index in [1.54, 1.807) is 6.92 Å². The van der Waals surface area contributed by atoms with Gasteiger partial charge in [0.2, 0.25) is 5.65 Å². The summed E-state index contributed by atoms with van der Waals surface area (Å²) < 4.78 is 4.70. The zero-order valence-corrected chi connectivity index (χ0v) is 9.08. The predicted octanol–water partition coefficient (Wildman–Crippen LogP) is 1.57. The number of rotatable bonds is 2. The van der Waals surface area contributed by atoms with Crippen molar-refractivity contribution in [1.82, 2.24) is 20.4 Å². The number of nitrogens with zero attached hydrogens (tertiary/aromatic N) is 3. The SMILES string of the molecule is CCOC(=O)Nc1cc(Cl)c2n[nH]nc2n1. The molecule has 0 radical (unpaired) electrons. The van der Waals surface area contributed by atoms with Crippen molar-refractivity contribution >= 4 is 34.7 Å². The molecule has 84 valence electrons. The van der Waals surface area contributed by atoms with Crippen LogP contribution in [0.5, 0.6) is 0 Å². The van der Waals surface area contributed by atoms with Gasteiger partial charge in [-0.05, 0) is 6.92 Å². The highest BCUT2D eigenvalue weighted by Gasteiger charge is 2.10. The molecule has 0 saturated carbocycles. The second-order valence-electron chi connectivity index (χ2n) is 2.83. The average molecular weight is 242 g/mol. The second kappa shape index (κ2) is 4.31. The monoisotopic (exact) mass is 241 g/mol. The van der Waals surface area contributed by atoms with E-state index in [0.717, 1.165) is 0 Å². The summed E-state index contributed by atoms with van der Waals surface area (Å²) in [4.78, 5) is 15.2. The number of hydrogen-bond acceptors (Lipinski definition) is 5. The Morgan fingerprint density at radius 1 is 1.62 bits per heavy atom. The van der Waals surface area contributed by atoms with Crippen LogP contribution in [0.1, 0.15) is 6.92 Å². The third-order valence-corrected chi connectivity index (χ3v) is 2.04. The van der Waals surface area contributed by atoms with Crippen molar-refractivity contribution in [2.24, 2.45) is 0 Å². The summed E-state index contributed by atoms with van der Waals surface area (Å²) in [5.74, 6) is 0.268. The van der Waals surface area contributed by atoms with Crippen LogP contribution >= 0.6 is 11.6 Å². The molecule has 7 nitrogen and oxygen atoms in total. The van der Waals surface area contributed by atoms with E-state index in [4.69, 9.17) is 16.3 Å². The fourth-order valence-corrected chi connectivity index (χ4v) is 1.36. The van der Waals surface area contributed by atoms with E-state index in [1.165, 1.54) is 6.07 Å². The van der Waals surface area contributed by atoms with E-state index >= 15 is 0 Å². The van der Waals surface area contributed by atoms with Gasteiger partial charge in [0.1, 0.15) is 5.82 Å². The first-order valence-corrected chi connectivity index (χ1v) is 4.89. The normalized spacial score (nSPS) is 10.4. The number of aromatic amines is 1. The number of pyridine rings is 1. The Morgan fingerprint density at radius 3 is 3.19 bits per heavy atom. The number of carbonyl (C=O) groups is 1. The Bertz CT molecular complexity index is 526. The molecule has 0 fully saturated rings. The predicted molar refractivity (Wildman–Crippen MR) is 57.3 cm³/mol. The molecule has 0 aromatic carbocycles. The number of carbonyl (C=O) groups excluding carboxylic acids is 1. The Balaban J connectivity index is 2.28. The first-order chi connectivity index (χ1) is 7.70. The Morgan fingerprint density at radius 2 is 2.44 bits per heavy atom. The summed E-state index contributed by atoms with van der Waals surface area (Å²) in [5, 5.41) is 12.7. The highest BCUT2D eigenvalue weighted by molar-refractivity contribution is 6.35. The number of aromatic nitrogens is 4. The number of amides is 1. The maximum atomic E-state index is 11.1. The first kappa shape index (κ1) is 10.6. The summed E-state index contributed by atoms with van der Waals surface area (Å²) in [6, 6.07) is 1.48. The van der Waals surface area contributed by atoms with E-state index in [-0.39, 0.29) is 12.4 Å². The molecule has 16 heavy (non-hydrogen) atoms. The van der Waals surface area contributed by atoms with Gasteiger partial charge < -0.3 is 4.74 Å². The zero-order valence-electron chi connectivity index (χ0n) is 8.32. The number of nitrogens with one attached hydrogen (secondary N) is 2. The van der Waals surface area contributed by atoms with Crippen molar-refractivity contribution in [1.29, 1.82) is 0 Å². The van der Waals surface area contributed by atoms with Crippen LogP contribution in [0, 0.1) is 0 Å². The Labute approximate surface area is 95.1 Å². The summed E-state index contributed by atoms with van der Waals surface area (Å²) in [6.07, 6.45) is -0.589. The van der Waals surface area contributed by atoms with Crippen molar-refractivity contribution in [2.45, 2.75) is 6.92 Å². The standard InChI is InChI=1S/C8H8ClN5O2/c1-2-16-8(15)11-5-3-4(9)6-7(10-5)13-14-12-6/h3H,2H2,1H3,(H2,10,11,12,13,14,15). The number of H-pyrrole nitrogens is 1. The van der Waals surface area contributed by atoms with Gasteiger partial charge in [0.05, 0.1) is 11.6 Å². The van der Waals surface area contributed by atoms with Crippen LogP contribution in [-0.4, -0.2) is 33.1 Å². The highest BCUT2D eigenvalue weighted by atomic mass is 35.5. The molecule has 2 heterocycles. The molecule has 0 spiro atoms. The van der Waals surface area contributed by atoms with Gasteiger partial charge in [-0.3, -0.25) is 5.32 Å². The Hall–Kier alpha value is -1.89. The van der Waals surface area contributed by atoms with Crippen LogP contribution < -0.4 is 5.32 Å². The number of anilines is 1. The molecule has 0 saturated heterocycles. The molecule has 0 aliphatic heterocycles. The first-order valence-electron chi connectivity index (χ1n) is 4.51. The molecule has 2 N–H and O–H groups in total.